The number of aromatic nitrogens is 1. The van der Waals surface area contributed by atoms with Crippen molar-refractivity contribution in [2.75, 3.05) is 13.2 Å². The van der Waals surface area contributed by atoms with E-state index in [0.29, 0.717) is 5.52 Å². The normalized spacial score (nSPS) is 11.9. The minimum atomic E-state index is -4.41. The molecule has 1 aromatic carbocycles. The van der Waals surface area contributed by atoms with Crippen molar-refractivity contribution < 1.29 is 27.1 Å². The van der Waals surface area contributed by atoms with Crippen LogP contribution in [0.1, 0.15) is 16.8 Å². The van der Waals surface area contributed by atoms with Gasteiger partial charge in [-0.25, -0.2) is 4.79 Å². The molecule has 8 heteroatoms. The van der Waals surface area contributed by atoms with E-state index in [1.165, 1.54) is 18.2 Å². The van der Waals surface area contributed by atoms with E-state index in [-0.39, 0.29) is 24.2 Å². The first-order valence-corrected chi connectivity index (χ1v) is 5.66. The third kappa shape index (κ3) is 3.70. The summed E-state index contributed by atoms with van der Waals surface area (Å²) in [5.74, 6) is -1.03. The zero-order chi connectivity index (χ0) is 14.8. The van der Waals surface area contributed by atoms with Gasteiger partial charge in [-0.2, -0.15) is 13.2 Å². The molecule has 0 saturated carbocycles. The molecule has 1 heterocycles. The summed E-state index contributed by atoms with van der Waals surface area (Å²) in [6.45, 7) is -1.71. The van der Waals surface area contributed by atoms with Gasteiger partial charge in [-0.05, 0) is 18.2 Å². The molecule has 0 radical (unpaired) electrons. The standard InChI is InChI=1S/C12H10F3NO4/c13-12(14,15)6-19-4-3-9(17)7-1-2-8-10(5-7)20-11(18)16-8/h1-2,5H,3-4,6H2,(H,16,18). The van der Waals surface area contributed by atoms with E-state index in [1.807, 2.05) is 0 Å². The molecule has 0 spiro atoms. The second kappa shape index (κ2) is 5.49. The molecular formula is C12H10F3NO4. The quantitative estimate of drug-likeness (QED) is 0.677. The molecule has 2 rings (SSSR count). The number of carbonyl (C=O) groups excluding carboxylic acids is 1. The highest BCUT2D eigenvalue weighted by atomic mass is 19.4. The number of oxazole rings is 1. The van der Waals surface area contributed by atoms with Gasteiger partial charge in [0.2, 0.25) is 0 Å². The number of benzene rings is 1. The number of ether oxygens (including phenoxy) is 1. The van der Waals surface area contributed by atoms with Crippen LogP contribution in [-0.2, 0) is 4.74 Å². The second-order valence-electron chi connectivity index (χ2n) is 4.07. The van der Waals surface area contributed by atoms with Gasteiger partial charge in [-0.1, -0.05) is 0 Å². The Balaban J connectivity index is 1.95. The topological polar surface area (TPSA) is 72.3 Å². The maximum Gasteiger partial charge on any atom is 0.417 e. The number of rotatable bonds is 5. The Morgan fingerprint density at radius 3 is 2.80 bits per heavy atom. The highest BCUT2D eigenvalue weighted by Gasteiger charge is 2.27. The molecule has 0 bridgehead atoms. The fraction of sp³-hybridized carbons (Fsp3) is 0.333. The number of Topliss-reactive ketones (excluding diaryl/α,β-unsaturated/α-hetero) is 1. The minimum Gasteiger partial charge on any atom is -0.408 e. The average molecular weight is 289 g/mol. The van der Waals surface area contributed by atoms with Gasteiger partial charge >= 0.3 is 11.9 Å². The van der Waals surface area contributed by atoms with Gasteiger partial charge in [0.25, 0.3) is 0 Å². The predicted molar refractivity (Wildman–Crippen MR) is 62.7 cm³/mol. The lowest BCUT2D eigenvalue weighted by Crippen LogP contribution is -2.18. The van der Waals surface area contributed by atoms with Crippen molar-refractivity contribution in [3.05, 3.63) is 34.3 Å². The first-order chi connectivity index (χ1) is 9.35. The number of fused-ring (bicyclic) bond motifs is 1. The maximum absolute atomic E-state index is 11.8. The van der Waals surface area contributed by atoms with Crippen molar-refractivity contribution in [3.8, 4) is 0 Å². The minimum absolute atomic E-state index is 0.184. The Bertz CT molecular complexity index is 671. The van der Waals surface area contributed by atoms with E-state index >= 15 is 0 Å². The zero-order valence-corrected chi connectivity index (χ0v) is 10.1. The van der Waals surface area contributed by atoms with Crippen LogP contribution < -0.4 is 5.76 Å². The molecule has 0 aliphatic heterocycles. The molecule has 0 atom stereocenters. The Labute approximate surface area is 110 Å². The second-order valence-corrected chi connectivity index (χ2v) is 4.07. The fourth-order valence-corrected chi connectivity index (χ4v) is 1.62. The first kappa shape index (κ1) is 14.3. The summed E-state index contributed by atoms with van der Waals surface area (Å²) in [6, 6.07) is 4.31. The summed E-state index contributed by atoms with van der Waals surface area (Å²) < 4.78 is 44.6. The van der Waals surface area contributed by atoms with Crippen LogP contribution in [0.3, 0.4) is 0 Å². The summed E-state index contributed by atoms with van der Waals surface area (Å²) in [6.07, 6.45) is -4.59. The molecule has 0 saturated heterocycles. The van der Waals surface area contributed by atoms with Crippen molar-refractivity contribution in [2.45, 2.75) is 12.6 Å². The van der Waals surface area contributed by atoms with E-state index in [1.54, 1.807) is 0 Å². The molecule has 2 aromatic rings. The van der Waals surface area contributed by atoms with Gasteiger partial charge in [0, 0.05) is 12.0 Å². The van der Waals surface area contributed by atoms with E-state index in [9.17, 15) is 22.8 Å². The molecule has 1 N–H and O–H groups in total. The Kier molecular flexibility index (Phi) is 3.93. The molecule has 0 fully saturated rings. The van der Waals surface area contributed by atoms with Crippen molar-refractivity contribution in [3.63, 3.8) is 0 Å². The molecule has 0 aliphatic rings. The lowest BCUT2D eigenvalue weighted by atomic mass is 10.1. The van der Waals surface area contributed by atoms with Crippen LogP contribution in [0.25, 0.3) is 11.1 Å². The Morgan fingerprint density at radius 1 is 1.35 bits per heavy atom. The van der Waals surface area contributed by atoms with Crippen LogP contribution >= 0.6 is 0 Å². The first-order valence-electron chi connectivity index (χ1n) is 5.66. The average Bonchev–Trinajstić information content (AvgIpc) is 2.72. The van der Waals surface area contributed by atoms with Crippen LogP contribution in [-0.4, -0.2) is 30.2 Å². The molecule has 5 nitrogen and oxygen atoms in total. The molecule has 0 amide bonds. The van der Waals surface area contributed by atoms with Crippen molar-refractivity contribution in [1.82, 2.24) is 4.98 Å². The van der Waals surface area contributed by atoms with E-state index < -0.39 is 24.3 Å². The summed E-state index contributed by atoms with van der Waals surface area (Å²) in [5, 5.41) is 0. The van der Waals surface area contributed by atoms with E-state index in [2.05, 4.69) is 9.72 Å². The molecule has 108 valence electrons. The number of aromatic amines is 1. The predicted octanol–water partition coefficient (Wildman–Crippen LogP) is 2.27. The van der Waals surface area contributed by atoms with Crippen molar-refractivity contribution in [2.24, 2.45) is 0 Å². The number of ketones is 1. The molecule has 20 heavy (non-hydrogen) atoms. The lowest BCUT2D eigenvalue weighted by Gasteiger charge is -2.06. The van der Waals surface area contributed by atoms with Gasteiger partial charge in [-0.15, -0.1) is 0 Å². The van der Waals surface area contributed by atoms with Gasteiger partial charge in [0.15, 0.2) is 11.4 Å². The zero-order valence-electron chi connectivity index (χ0n) is 10.1. The Morgan fingerprint density at radius 2 is 2.10 bits per heavy atom. The van der Waals surface area contributed by atoms with Gasteiger partial charge in [0.05, 0.1) is 12.1 Å². The van der Waals surface area contributed by atoms with E-state index in [4.69, 9.17) is 4.42 Å². The molecule has 0 unspecified atom stereocenters. The van der Waals surface area contributed by atoms with Gasteiger partial charge in [-0.3, -0.25) is 9.78 Å². The highest BCUT2D eigenvalue weighted by molar-refractivity contribution is 5.98. The number of alkyl halides is 3. The number of hydrogen-bond acceptors (Lipinski definition) is 4. The van der Waals surface area contributed by atoms with Gasteiger partial charge < -0.3 is 9.15 Å². The van der Waals surface area contributed by atoms with Gasteiger partial charge in [0.1, 0.15) is 6.61 Å². The number of H-pyrrole nitrogens is 1. The number of halogens is 3. The summed E-state index contributed by atoms with van der Waals surface area (Å²) in [4.78, 5) is 25.1. The highest BCUT2D eigenvalue weighted by Crippen LogP contribution is 2.16. The van der Waals surface area contributed by atoms with Crippen molar-refractivity contribution >= 4 is 16.9 Å². The van der Waals surface area contributed by atoms with Crippen LogP contribution in [0.5, 0.6) is 0 Å². The van der Waals surface area contributed by atoms with Crippen LogP contribution in [0, 0.1) is 0 Å². The fourth-order valence-electron chi connectivity index (χ4n) is 1.62. The number of nitrogens with one attached hydrogen (secondary N) is 1. The van der Waals surface area contributed by atoms with E-state index in [0.717, 1.165) is 0 Å². The van der Waals surface area contributed by atoms with Crippen LogP contribution in [0.15, 0.2) is 27.4 Å². The number of hydrogen-bond donors (Lipinski definition) is 1. The smallest absolute Gasteiger partial charge is 0.408 e. The summed E-state index contributed by atoms with van der Waals surface area (Å²) >= 11 is 0. The van der Waals surface area contributed by atoms with Crippen molar-refractivity contribution in [1.29, 1.82) is 0 Å². The summed E-state index contributed by atoms with van der Waals surface area (Å²) in [7, 11) is 0. The monoisotopic (exact) mass is 289 g/mol. The third-order valence-corrected chi connectivity index (χ3v) is 2.48. The lowest BCUT2D eigenvalue weighted by molar-refractivity contribution is -0.173. The third-order valence-electron chi connectivity index (χ3n) is 2.48. The molecule has 0 aliphatic carbocycles. The largest absolute Gasteiger partial charge is 0.417 e. The number of carbonyl (C=O) groups is 1. The summed E-state index contributed by atoms with van der Waals surface area (Å²) in [5.41, 5.74) is 0.910. The Hall–Kier alpha value is -2.09. The van der Waals surface area contributed by atoms with Crippen LogP contribution in [0.4, 0.5) is 13.2 Å². The maximum atomic E-state index is 11.8. The molecular weight excluding hydrogens is 279 g/mol. The van der Waals surface area contributed by atoms with Crippen LogP contribution in [0.2, 0.25) is 0 Å². The SMILES string of the molecule is O=C(CCOCC(F)(F)F)c1ccc2[nH]c(=O)oc2c1. The molecule has 1 aromatic heterocycles.